The molecular weight excluding hydrogens is 306 g/mol. The van der Waals surface area contributed by atoms with Crippen LogP contribution in [0.4, 0.5) is 0 Å². The largest absolute Gasteiger partial charge is 0.504 e. The number of aromatic hydroxyl groups is 1. The molecule has 0 saturated heterocycles. The summed E-state index contributed by atoms with van der Waals surface area (Å²) < 4.78 is 10.4. The lowest BCUT2D eigenvalue weighted by molar-refractivity contribution is 0.104. The summed E-state index contributed by atoms with van der Waals surface area (Å²) in [5.74, 6) is 0.564. The number of nitriles is 1. The molecule has 0 aromatic heterocycles. The van der Waals surface area contributed by atoms with Crippen LogP contribution in [-0.2, 0) is 0 Å². The number of benzene rings is 2. The van der Waals surface area contributed by atoms with Gasteiger partial charge in [0.05, 0.1) is 13.7 Å². The summed E-state index contributed by atoms with van der Waals surface area (Å²) in [5, 5.41) is 19.0. The Morgan fingerprint density at radius 2 is 1.96 bits per heavy atom. The Morgan fingerprint density at radius 1 is 1.25 bits per heavy atom. The number of ketones is 1. The van der Waals surface area contributed by atoms with Crippen LogP contribution in [0.25, 0.3) is 6.08 Å². The summed E-state index contributed by atoms with van der Waals surface area (Å²) in [5.41, 5.74) is 0.982. The third-order valence-corrected chi connectivity index (χ3v) is 3.31. The highest BCUT2D eigenvalue weighted by molar-refractivity contribution is 6.14. The van der Waals surface area contributed by atoms with Gasteiger partial charge in [-0.25, -0.2) is 0 Å². The minimum atomic E-state index is -0.383. The van der Waals surface area contributed by atoms with E-state index in [-0.39, 0.29) is 17.1 Å². The van der Waals surface area contributed by atoms with Crippen LogP contribution in [0.3, 0.4) is 0 Å². The maximum atomic E-state index is 12.4. The second-order valence-corrected chi connectivity index (χ2v) is 4.89. The molecule has 0 saturated carbocycles. The minimum absolute atomic E-state index is 0.00620. The quantitative estimate of drug-likeness (QED) is 0.499. The van der Waals surface area contributed by atoms with Crippen molar-refractivity contribution in [3.05, 3.63) is 59.2 Å². The standard InChI is InChI=1S/C19H17NO4/c1-3-24-18-11-13(4-9-17(18)21)10-15(12-20)19(22)14-5-7-16(23-2)8-6-14/h4-11,21H,3H2,1-2H3/b15-10+. The Kier molecular flexibility index (Phi) is 5.58. The van der Waals surface area contributed by atoms with Crippen LogP contribution < -0.4 is 9.47 Å². The Balaban J connectivity index is 2.33. The number of rotatable bonds is 6. The van der Waals surface area contributed by atoms with E-state index in [1.165, 1.54) is 19.3 Å². The van der Waals surface area contributed by atoms with E-state index in [9.17, 15) is 15.2 Å². The molecule has 0 radical (unpaired) electrons. The van der Waals surface area contributed by atoms with E-state index in [1.54, 1.807) is 43.3 Å². The van der Waals surface area contributed by atoms with Gasteiger partial charge in [0.15, 0.2) is 11.5 Å². The van der Waals surface area contributed by atoms with Gasteiger partial charge in [0.2, 0.25) is 5.78 Å². The van der Waals surface area contributed by atoms with Crippen molar-refractivity contribution in [3.63, 3.8) is 0 Å². The van der Waals surface area contributed by atoms with Gasteiger partial charge in [-0.2, -0.15) is 5.26 Å². The van der Waals surface area contributed by atoms with Crippen LogP contribution >= 0.6 is 0 Å². The van der Waals surface area contributed by atoms with E-state index in [2.05, 4.69) is 0 Å². The lowest BCUT2D eigenvalue weighted by Gasteiger charge is -2.07. The van der Waals surface area contributed by atoms with Crippen molar-refractivity contribution in [1.82, 2.24) is 0 Å². The predicted octanol–water partition coefficient (Wildman–Crippen LogP) is 3.59. The molecule has 0 atom stereocenters. The van der Waals surface area contributed by atoms with Gasteiger partial charge in [0.25, 0.3) is 0 Å². The van der Waals surface area contributed by atoms with Crippen molar-refractivity contribution in [2.45, 2.75) is 6.92 Å². The number of allylic oxidation sites excluding steroid dienone is 1. The Hall–Kier alpha value is -3.26. The lowest BCUT2D eigenvalue weighted by atomic mass is 10.0. The van der Waals surface area contributed by atoms with Crippen LogP contribution in [0, 0.1) is 11.3 Å². The van der Waals surface area contributed by atoms with E-state index < -0.39 is 0 Å². The van der Waals surface area contributed by atoms with E-state index in [1.807, 2.05) is 6.07 Å². The molecule has 5 nitrogen and oxygen atoms in total. The van der Waals surface area contributed by atoms with Crippen molar-refractivity contribution < 1.29 is 19.4 Å². The lowest BCUT2D eigenvalue weighted by Crippen LogP contribution is -2.02. The monoisotopic (exact) mass is 323 g/mol. The van der Waals surface area contributed by atoms with Crippen molar-refractivity contribution in [3.8, 4) is 23.3 Å². The van der Waals surface area contributed by atoms with Gasteiger partial charge in [0, 0.05) is 5.56 Å². The summed E-state index contributed by atoms with van der Waals surface area (Å²) >= 11 is 0. The number of carbonyl (C=O) groups excluding carboxylic acids is 1. The van der Waals surface area contributed by atoms with E-state index in [0.29, 0.717) is 29.2 Å². The fourth-order valence-electron chi connectivity index (χ4n) is 2.10. The van der Waals surface area contributed by atoms with Crippen LogP contribution in [0.15, 0.2) is 48.0 Å². The number of nitrogens with zero attached hydrogens (tertiary/aromatic N) is 1. The van der Waals surface area contributed by atoms with Crippen LogP contribution in [-0.4, -0.2) is 24.6 Å². The number of hydrogen-bond donors (Lipinski definition) is 1. The second kappa shape index (κ2) is 7.84. The highest BCUT2D eigenvalue weighted by atomic mass is 16.5. The molecule has 0 amide bonds. The van der Waals surface area contributed by atoms with Crippen LogP contribution in [0.2, 0.25) is 0 Å². The van der Waals surface area contributed by atoms with E-state index in [4.69, 9.17) is 9.47 Å². The fraction of sp³-hybridized carbons (Fsp3) is 0.158. The predicted molar refractivity (Wildman–Crippen MR) is 90.2 cm³/mol. The van der Waals surface area contributed by atoms with E-state index >= 15 is 0 Å². The van der Waals surface area contributed by atoms with Gasteiger partial charge in [0.1, 0.15) is 17.4 Å². The highest BCUT2D eigenvalue weighted by Crippen LogP contribution is 2.28. The van der Waals surface area contributed by atoms with Crippen molar-refractivity contribution >= 4 is 11.9 Å². The molecule has 0 aliphatic rings. The number of ether oxygens (including phenoxy) is 2. The first-order valence-corrected chi connectivity index (χ1v) is 7.35. The molecule has 2 aromatic carbocycles. The summed E-state index contributed by atoms with van der Waals surface area (Å²) in [4.78, 5) is 12.4. The van der Waals surface area contributed by atoms with Gasteiger partial charge in [-0.05, 0) is 55.0 Å². The van der Waals surface area contributed by atoms with Gasteiger partial charge in [-0.15, -0.1) is 0 Å². The third-order valence-electron chi connectivity index (χ3n) is 3.31. The SMILES string of the molecule is CCOc1cc(/C=C(\C#N)C(=O)c2ccc(OC)cc2)ccc1O. The van der Waals surface area contributed by atoms with Crippen LogP contribution in [0.1, 0.15) is 22.8 Å². The highest BCUT2D eigenvalue weighted by Gasteiger charge is 2.13. The molecule has 24 heavy (non-hydrogen) atoms. The molecule has 0 aliphatic carbocycles. The maximum Gasteiger partial charge on any atom is 0.203 e. The number of Topliss-reactive ketones (excluding diaryl/α,β-unsaturated/α-hetero) is 1. The molecule has 122 valence electrons. The Bertz CT molecular complexity index is 801. The number of phenols is 1. The zero-order valence-electron chi connectivity index (χ0n) is 13.4. The molecule has 5 heteroatoms. The molecule has 0 spiro atoms. The minimum Gasteiger partial charge on any atom is -0.504 e. The van der Waals surface area contributed by atoms with Gasteiger partial charge in [-0.1, -0.05) is 6.07 Å². The summed E-state index contributed by atoms with van der Waals surface area (Å²) in [6.45, 7) is 2.20. The third kappa shape index (κ3) is 3.93. The van der Waals surface area contributed by atoms with Crippen molar-refractivity contribution in [2.24, 2.45) is 0 Å². The molecule has 0 bridgehead atoms. The maximum absolute atomic E-state index is 12.4. The summed E-state index contributed by atoms with van der Waals surface area (Å²) in [6.07, 6.45) is 1.47. The zero-order chi connectivity index (χ0) is 17.5. The molecule has 0 aliphatic heterocycles. The van der Waals surface area contributed by atoms with Crippen molar-refractivity contribution in [1.29, 1.82) is 5.26 Å². The Labute approximate surface area is 140 Å². The second-order valence-electron chi connectivity index (χ2n) is 4.89. The van der Waals surface area contributed by atoms with Gasteiger partial charge >= 0.3 is 0 Å². The molecule has 0 heterocycles. The first-order valence-electron chi connectivity index (χ1n) is 7.35. The average Bonchev–Trinajstić information content (AvgIpc) is 2.62. The first kappa shape index (κ1) is 17.1. The molecular formula is C19H17NO4. The fourth-order valence-corrected chi connectivity index (χ4v) is 2.10. The summed E-state index contributed by atoms with van der Waals surface area (Å²) in [7, 11) is 1.54. The molecule has 2 rings (SSSR count). The summed E-state index contributed by atoms with van der Waals surface area (Å²) in [6, 6.07) is 13.1. The normalized spacial score (nSPS) is 10.8. The molecule has 0 fully saturated rings. The smallest absolute Gasteiger partial charge is 0.203 e. The molecule has 0 unspecified atom stereocenters. The van der Waals surface area contributed by atoms with E-state index in [0.717, 1.165) is 0 Å². The van der Waals surface area contributed by atoms with Crippen molar-refractivity contribution in [2.75, 3.05) is 13.7 Å². The topological polar surface area (TPSA) is 79.5 Å². The average molecular weight is 323 g/mol. The van der Waals surface area contributed by atoms with Gasteiger partial charge in [-0.3, -0.25) is 4.79 Å². The molecule has 2 aromatic rings. The number of methoxy groups -OCH3 is 1. The molecule has 1 N–H and O–H groups in total. The Morgan fingerprint density at radius 3 is 2.54 bits per heavy atom. The van der Waals surface area contributed by atoms with Gasteiger partial charge < -0.3 is 14.6 Å². The number of hydrogen-bond acceptors (Lipinski definition) is 5. The number of phenolic OH excluding ortho intramolecular Hbond substituents is 1. The first-order chi connectivity index (χ1) is 11.6. The van der Waals surface area contributed by atoms with Crippen LogP contribution in [0.5, 0.6) is 17.2 Å². The zero-order valence-corrected chi connectivity index (χ0v) is 13.4. The number of carbonyl (C=O) groups is 1.